The summed E-state index contributed by atoms with van der Waals surface area (Å²) in [5.74, 6) is -0.795. The average Bonchev–Trinajstić information content (AvgIpc) is 2.13. The first-order valence-electron chi connectivity index (χ1n) is 4.07. The van der Waals surface area contributed by atoms with Crippen molar-refractivity contribution < 1.29 is 31.4 Å². The Morgan fingerprint density at radius 2 is 1.61 bits per heavy atom. The summed E-state index contributed by atoms with van der Waals surface area (Å²) in [5, 5.41) is 18.2. The van der Waals surface area contributed by atoms with E-state index in [0.717, 1.165) is 5.56 Å². The maximum absolute atomic E-state index is 10.6. The van der Waals surface area contributed by atoms with Crippen LogP contribution in [0.1, 0.15) is 5.56 Å². The third-order valence-corrected chi connectivity index (χ3v) is 3.49. The van der Waals surface area contributed by atoms with Crippen LogP contribution in [0.3, 0.4) is 0 Å². The number of halogens is 2. The zero-order valence-corrected chi connectivity index (χ0v) is 13.4. The number of phenolic OH excluding ortho intramolecular Hbond substituents is 1. The SMILES string of the molecule is N[C@@H](Cc1cc(I)c(O)c(I)c1)C(=O)O.O.O.O. The van der Waals surface area contributed by atoms with E-state index in [9.17, 15) is 9.90 Å². The van der Waals surface area contributed by atoms with E-state index in [1.807, 2.05) is 45.2 Å². The monoisotopic (exact) mass is 487 g/mol. The van der Waals surface area contributed by atoms with E-state index in [1.54, 1.807) is 12.1 Å². The minimum atomic E-state index is -1.02. The van der Waals surface area contributed by atoms with Crippen molar-refractivity contribution in [3.05, 3.63) is 24.8 Å². The average molecular weight is 487 g/mol. The number of rotatable bonds is 3. The molecule has 10 N–H and O–H groups in total. The molecule has 0 aliphatic rings. The van der Waals surface area contributed by atoms with E-state index in [1.165, 1.54) is 0 Å². The van der Waals surface area contributed by atoms with E-state index in [4.69, 9.17) is 10.8 Å². The first kappa shape index (κ1) is 22.9. The molecular formula is C9H15I2NO6. The highest BCUT2D eigenvalue weighted by Gasteiger charge is 2.14. The van der Waals surface area contributed by atoms with Gasteiger partial charge in [-0.25, -0.2) is 0 Å². The van der Waals surface area contributed by atoms with E-state index < -0.39 is 12.0 Å². The van der Waals surface area contributed by atoms with Crippen LogP contribution in [-0.2, 0) is 11.2 Å². The minimum Gasteiger partial charge on any atom is -0.506 e. The first-order chi connectivity index (χ1) is 6.91. The Morgan fingerprint density at radius 3 is 1.94 bits per heavy atom. The van der Waals surface area contributed by atoms with Crippen LogP contribution in [0.4, 0.5) is 0 Å². The maximum atomic E-state index is 10.6. The molecular weight excluding hydrogens is 472 g/mol. The zero-order chi connectivity index (χ0) is 11.6. The fourth-order valence-electron chi connectivity index (χ4n) is 1.08. The fraction of sp³-hybridized carbons (Fsp3) is 0.222. The molecule has 0 aromatic heterocycles. The van der Waals surface area contributed by atoms with Crippen molar-refractivity contribution in [3.63, 3.8) is 0 Å². The zero-order valence-electron chi connectivity index (χ0n) is 9.08. The molecule has 0 amide bonds. The molecule has 18 heavy (non-hydrogen) atoms. The van der Waals surface area contributed by atoms with Crippen LogP contribution in [0.25, 0.3) is 0 Å². The maximum Gasteiger partial charge on any atom is 0.320 e. The number of hydrogen-bond acceptors (Lipinski definition) is 3. The molecule has 1 aromatic rings. The normalized spacial score (nSPS) is 10.4. The van der Waals surface area contributed by atoms with Gasteiger partial charge in [0.15, 0.2) is 0 Å². The summed E-state index contributed by atoms with van der Waals surface area (Å²) in [4.78, 5) is 10.6. The number of aromatic hydroxyl groups is 1. The first-order valence-corrected chi connectivity index (χ1v) is 6.23. The van der Waals surface area contributed by atoms with Gasteiger partial charge in [0, 0.05) is 0 Å². The van der Waals surface area contributed by atoms with Gasteiger partial charge in [0.1, 0.15) is 11.8 Å². The Kier molecular flexibility index (Phi) is 12.3. The molecule has 0 unspecified atom stereocenters. The molecule has 7 nitrogen and oxygen atoms in total. The Bertz CT molecular complexity index is 378. The number of carboxylic acid groups (broad SMARTS) is 1. The van der Waals surface area contributed by atoms with Crippen LogP contribution < -0.4 is 5.73 Å². The number of benzene rings is 1. The topological polar surface area (TPSA) is 178 Å². The van der Waals surface area contributed by atoms with Crippen LogP contribution in [0.5, 0.6) is 5.75 Å². The molecule has 9 heteroatoms. The summed E-state index contributed by atoms with van der Waals surface area (Å²) in [5.41, 5.74) is 6.24. The number of carbonyl (C=O) groups is 1. The van der Waals surface area contributed by atoms with Gasteiger partial charge < -0.3 is 32.4 Å². The van der Waals surface area contributed by atoms with Gasteiger partial charge in [-0.15, -0.1) is 0 Å². The predicted octanol–water partition coefficient (Wildman–Crippen LogP) is -0.918. The quantitative estimate of drug-likeness (QED) is 0.468. The van der Waals surface area contributed by atoms with E-state index in [2.05, 4.69) is 0 Å². The summed E-state index contributed by atoms with van der Waals surface area (Å²) in [6.45, 7) is 0. The molecule has 0 saturated carbocycles. The van der Waals surface area contributed by atoms with Gasteiger partial charge in [-0.05, 0) is 69.3 Å². The van der Waals surface area contributed by atoms with Crippen LogP contribution in [0, 0.1) is 7.14 Å². The minimum absolute atomic E-state index is 0. The van der Waals surface area contributed by atoms with Gasteiger partial charge in [-0.2, -0.15) is 0 Å². The standard InChI is InChI=1S/C9H9I2NO3.3H2O/c10-5-1-4(2-6(11)8(5)13)3-7(12)9(14)15;;;/h1-2,7,13H,3,12H2,(H,14,15);3*1H2/t7-;;;/m0.../s1. The van der Waals surface area contributed by atoms with Crippen molar-refractivity contribution >= 4 is 51.2 Å². The Balaban J connectivity index is -0.000000750. The summed E-state index contributed by atoms with van der Waals surface area (Å²) in [7, 11) is 0. The number of carboxylic acids is 1. The van der Waals surface area contributed by atoms with E-state index in [0.29, 0.717) is 7.14 Å². The molecule has 106 valence electrons. The molecule has 0 spiro atoms. The summed E-state index contributed by atoms with van der Waals surface area (Å²) in [6.07, 6.45) is 0.265. The highest BCUT2D eigenvalue weighted by atomic mass is 127. The fourth-order valence-corrected chi connectivity index (χ4v) is 2.97. The second-order valence-electron chi connectivity index (χ2n) is 3.06. The number of nitrogens with two attached hydrogens (primary N) is 1. The van der Waals surface area contributed by atoms with Gasteiger partial charge in [0.25, 0.3) is 0 Å². The molecule has 1 aromatic carbocycles. The Labute approximate surface area is 131 Å². The van der Waals surface area contributed by atoms with Crippen molar-refractivity contribution in [2.45, 2.75) is 12.5 Å². The lowest BCUT2D eigenvalue weighted by atomic mass is 10.1. The molecule has 0 heterocycles. The molecule has 1 atom stereocenters. The number of aliphatic carboxylic acids is 1. The van der Waals surface area contributed by atoms with Gasteiger partial charge in [0.2, 0.25) is 0 Å². The number of hydrogen-bond donors (Lipinski definition) is 3. The Hall–Kier alpha value is -0.210. The van der Waals surface area contributed by atoms with Gasteiger partial charge in [-0.3, -0.25) is 4.79 Å². The summed E-state index contributed by atoms with van der Waals surface area (Å²) < 4.78 is 1.40. The second kappa shape index (κ2) is 9.69. The summed E-state index contributed by atoms with van der Waals surface area (Å²) >= 11 is 3.99. The van der Waals surface area contributed by atoms with Crippen molar-refractivity contribution in [2.24, 2.45) is 5.73 Å². The molecule has 0 fully saturated rings. The van der Waals surface area contributed by atoms with Crippen LogP contribution in [0.15, 0.2) is 12.1 Å². The lowest BCUT2D eigenvalue weighted by Crippen LogP contribution is -2.32. The lowest BCUT2D eigenvalue weighted by molar-refractivity contribution is -0.138. The molecule has 0 bridgehead atoms. The third-order valence-electron chi connectivity index (χ3n) is 1.85. The van der Waals surface area contributed by atoms with Crippen LogP contribution >= 0.6 is 45.2 Å². The predicted molar refractivity (Wildman–Crippen MR) is 83.7 cm³/mol. The molecule has 1 rings (SSSR count). The Morgan fingerprint density at radius 1 is 1.22 bits per heavy atom. The highest BCUT2D eigenvalue weighted by Crippen LogP contribution is 2.27. The van der Waals surface area contributed by atoms with Gasteiger partial charge in [-0.1, -0.05) is 0 Å². The summed E-state index contributed by atoms with van der Waals surface area (Å²) in [6, 6.07) is 2.57. The van der Waals surface area contributed by atoms with Crippen LogP contribution in [0.2, 0.25) is 0 Å². The smallest absolute Gasteiger partial charge is 0.320 e. The van der Waals surface area contributed by atoms with E-state index in [-0.39, 0.29) is 28.6 Å². The van der Waals surface area contributed by atoms with Crippen molar-refractivity contribution in [1.29, 1.82) is 0 Å². The van der Waals surface area contributed by atoms with E-state index >= 15 is 0 Å². The molecule has 0 radical (unpaired) electrons. The molecule has 0 aliphatic heterocycles. The molecule has 0 aliphatic carbocycles. The van der Waals surface area contributed by atoms with Crippen molar-refractivity contribution in [1.82, 2.24) is 0 Å². The van der Waals surface area contributed by atoms with Crippen LogP contribution in [-0.4, -0.2) is 38.7 Å². The highest BCUT2D eigenvalue weighted by molar-refractivity contribution is 14.1. The lowest BCUT2D eigenvalue weighted by Gasteiger charge is -2.08. The van der Waals surface area contributed by atoms with Gasteiger partial charge in [0.05, 0.1) is 7.14 Å². The molecule has 0 saturated heterocycles. The second-order valence-corrected chi connectivity index (χ2v) is 5.38. The largest absolute Gasteiger partial charge is 0.506 e. The number of phenols is 1. The van der Waals surface area contributed by atoms with Crippen molar-refractivity contribution in [3.8, 4) is 5.75 Å². The van der Waals surface area contributed by atoms with Gasteiger partial charge >= 0.3 is 5.97 Å². The third kappa shape index (κ3) is 6.10. The van der Waals surface area contributed by atoms with Crippen molar-refractivity contribution in [2.75, 3.05) is 0 Å².